The van der Waals surface area contributed by atoms with Crippen LogP contribution in [0.5, 0.6) is 0 Å². The molecule has 0 unspecified atom stereocenters. The van der Waals surface area contributed by atoms with Gasteiger partial charge in [0.2, 0.25) is 0 Å². The van der Waals surface area contributed by atoms with Gasteiger partial charge in [-0.2, -0.15) is 0 Å². The van der Waals surface area contributed by atoms with E-state index in [0.29, 0.717) is 6.42 Å². The third kappa shape index (κ3) is 6.55. The molecule has 3 amide bonds. The topological polar surface area (TPSA) is 129 Å². The molecule has 1 heterocycles. The molecule has 41 heavy (non-hydrogen) atoms. The van der Waals surface area contributed by atoms with Crippen LogP contribution < -0.4 is 16.2 Å². The van der Waals surface area contributed by atoms with Crippen LogP contribution in [-0.2, 0) is 31.9 Å². The van der Waals surface area contributed by atoms with Crippen molar-refractivity contribution in [2.24, 2.45) is 5.41 Å². The lowest BCUT2D eigenvalue weighted by atomic mass is 9.86. The van der Waals surface area contributed by atoms with Gasteiger partial charge in [-0.25, -0.2) is 10.2 Å². The largest absolute Gasteiger partial charge is 0.453 e. The molecule has 4 rings (SSSR count). The van der Waals surface area contributed by atoms with Crippen molar-refractivity contribution in [3.8, 4) is 0 Å². The maximum Gasteiger partial charge on any atom is 0.407 e. The van der Waals surface area contributed by atoms with Gasteiger partial charge < -0.3 is 24.8 Å². The Hall–Kier alpha value is -3.47. The molecule has 1 aliphatic heterocycles. The minimum absolute atomic E-state index is 0.0111. The molecule has 2 aromatic carbocycles. The van der Waals surface area contributed by atoms with Gasteiger partial charge in [0.1, 0.15) is 17.4 Å². The van der Waals surface area contributed by atoms with E-state index >= 15 is 0 Å². The number of hydrogen-bond donors (Lipinski definition) is 4. The first kappa shape index (κ1) is 30.5. The number of nitrogens with zero attached hydrogens (tertiary/aromatic N) is 1. The summed E-state index contributed by atoms with van der Waals surface area (Å²) in [5.41, 5.74) is 5.13. The van der Waals surface area contributed by atoms with Gasteiger partial charge >= 0.3 is 6.09 Å². The summed E-state index contributed by atoms with van der Waals surface area (Å²) in [6.07, 6.45) is -0.112. The number of rotatable bonds is 9. The summed E-state index contributed by atoms with van der Waals surface area (Å²) in [6.45, 7) is 9.26. The van der Waals surface area contributed by atoms with E-state index in [1.54, 1.807) is 4.90 Å². The Labute approximate surface area is 241 Å². The molecular formula is C31H42N4O6. The number of hydrogen-bond acceptors (Lipinski definition) is 7. The van der Waals surface area contributed by atoms with Crippen LogP contribution in [0.15, 0.2) is 54.6 Å². The van der Waals surface area contributed by atoms with Gasteiger partial charge in [-0.05, 0) is 42.4 Å². The van der Waals surface area contributed by atoms with E-state index in [0.717, 1.165) is 16.7 Å². The lowest BCUT2D eigenvalue weighted by Gasteiger charge is -2.40. The summed E-state index contributed by atoms with van der Waals surface area (Å²) in [5, 5.41) is 14.6. The van der Waals surface area contributed by atoms with Gasteiger partial charge in [-0.1, -0.05) is 75.4 Å². The normalized spacial score (nSPS) is 21.3. The van der Waals surface area contributed by atoms with Crippen molar-refractivity contribution < 1.29 is 29.0 Å². The van der Waals surface area contributed by atoms with E-state index in [9.17, 15) is 19.5 Å². The quantitative estimate of drug-likeness (QED) is 0.271. The zero-order chi connectivity index (χ0) is 30.0. The second-order valence-corrected chi connectivity index (χ2v) is 12.4. The molecule has 4 atom stereocenters. The third-order valence-corrected chi connectivity index (χ3v) is 7.85. The summed E-state index contributed by atoms with van der Waals surface area (Å²) in [4.78, 5) is 40.8. The van der Waals surface area contributed by atoms with Crippen LogP contribution in [0.25, 0.3) is 0 Å². The number of amides is 3. The van der Waals surface area contributed by atoms with Gasteiger partial charge in [0.05, 0.1) is 19.3 Å². The van der Waals surface area contributed by atoms with Crippen LogP contribution in [0.2, 0.25) is 0 Å². The van der Waals surface area contributed by atoms with E-state index in [1.165, 1.54) is 7.11 Å². The van der Waals surface area contributed by atoms with Crippen LogP contribution in [0.3, 0.4) is 0 Å². The molecule has 1 fully saturated rings. The van der Waals surface area contributed by atoms with Gasteiger partial charge in [0.25, 0.3) is 11.8 Å². The molecule has 1 aliphatic carbocycles. The van der Waals surface area contributed by atoms with Crippen molar-refractivity contribution in [1.82, 2.24) is 21.1 Å². The maximum absolute atomic E-state index is 14.4. The van der Waals surface area contributed by atoms with E-state index in [4.69, 9.17) is 4.74 Å². The average molecular weight is 567 g/mol. The number of carbonyl (C=O) groups is 3. The summed E-state index contributed by atoms with van der Waals surface area (Å²) < 4.78 is 11.0. The van der Waals surface area contributed by atoms with E-state index < -0.39 is 40.7 Å². The number of methoxy groups -OCH3 is 1. The number of benzene rings is 2. The predicted octanol–water partition coefficient (Wildman–Crippen LogP) is 3.00. The Morgan fingerprint density at radius 2 is 1.76 bits per heavy atom. The fourth-order valence-electron chi connectivity index (χ4n) is 5.85. The number of nitrogens with one attached hydrogen (secondary N) is 3. The number of hydrazine groups is 1. The fourth-order valence-corrected chi connectivity index (χ4v) is 5.85. The van der Waals surface area contributed by atoms with E-state index in [-0.39, 0.29) is 31.5 Å². The van der Waals surface area contributed by atoms with E-state index in [2.05, 4.69) is 27.0 Å². The second kappa shape index (κ2) is 11.8. The Bertz CT molecular complexity index is 1260. The Morgan fingerprint density at radius 3 is 2.41 bits per heavy atom. The molecule has 0 radical (unpaired) electrons. The SMILES string of the molecule is COC(=O)N[C@H](C(=O)NNCC[C@](O)(Cc1ccccc1)C(=O)N1[C@H]2c3ccccc3C[C@H]2OC1(C)C)C(C)(C)C. The van der Waals surface area contributed by atoms with Gasteiger partial charge in [-0.3, -0.25) is 15.0 Å². The lowest BCUT2D eigenvalue weighted by molar-refractivity contribution is -0.168. The third-order valence-electron chi connectivity index (χ3n) is 7.85. The van der Waals surface area contributed by atoms with Crippen molar-refractivity contribution in [2.75, 3.05) is 13.7 Å². The van der Waals surface area contributed by atoms with E-state index in [1.807, 2.05) is 83.1 Å². The summed E-state index contributed by atoms with van der Waals surface area (Å²) in [6, 6.07) is 16.2. The Morgan fingerprint density at radius 1 is 1.10 bits per heavy atom. The molecular weight excluding hydrogens is 524 g/mol. The van der Waals surface area contributed by atoms with Crippen LogP contribution in [0, 0.1) is 5.41 Å². The molecule has 1 saturated heterocycles. The van der Waals surface area contributed by atoms with Gasteiger partial charge in [0.15, 0.2) is 0 Å². The molecule has 10 nitrogen and oxygen atoms in total. The predicted molar refractivity (Wildman–Crippen MR) is 153 cm³/mol. The summed E-state index contributed by atoms with van der Waals surface area (Å²) >= 11 is 0. The molecule has 222 valence electrons. The zero-order valence-electron chi connectivity index (χ0n) is 24.7. The summed E-state index contributed by atoms with van der Waals surface area (Å²) in [5.74, 6) is -0.899. The first-order valence-corrected chi connectivity index (χ1v) is 14.0. The van der Waals surface area contributed by atoms with Crippen molar-refractivity contribution >= 4 is 17.9 Å². The Kier molecular flexibility index (Phi) is 8.77. The van der Waals surface area contributed by atoms with Gasteiger partial charge in [-0.15, -0.1) is 0 Å². The minimum Gasteiger partial charge on any atom is -0.453 e. The van der Waals surface area contributed by atoms with Crippen molar-refractivity contribution in [3.05, 3.63) is 71.3 Å². The number of aliphatic hydroxyl groups is 1. The zero-order valence-corrected chi connectivity index (χ0v) is 24.7. The molecule has 0 bridgehead atoms. The monoisotopic (exact) mass is 566 g/mol. The molecule has 0 spiro atoms. The van der Waals surface area contributed by atoms with Crippen LogP contribution >= 0.6 is 0 Å². The van der Waals surface area contributed by atoms with Crippen molar-refractivity contribution in [3.63, 3.8) is 0 Å². The number of carbonyl (C=O) groups excluding carboxylic acids is 3. The standard InChI is InChI=1S/C31H42N4O6/c1-29(2,3)25(33-28(38)40-6)26(36)34-32-17-16-31(39,19-20-12-8-7-9-13-20)27(37)35-24-22-15-11-10-14-21(22)18-23(24)41-30(35,4)5/h7-15,23-25,32,39H,16-19H2,1-6H3,(H,33,38)(H,34,36)/t23-,24+,25-,31+/m1/s1. The molecule has 4 N–H and O–H groups in total. The maximum atomic E-state index is 14.4. The number of fused-ring (bicyclic) bond motifs is 3. The average Bonchev–Trinajstić information content (AvgIpc) is 3.38. The minimum atomic E-state index is -1.79. The number of alkyl carbamates (subject to hydrolysis) is 1. The highest BCUT2D eigenvalue weighted by atomic mass is 16.5. The van der Waals surface area contributed by atoms with Crippen molar-refractivity contribution in [1.29, 1.82) is 0 Å². The highest BCUT2D eigenvalue weighted by Gasteiger charge is 2.57. The smallest absolute Gasteiger partial charge is 0.407 e. The molecule has 10 heteroatoms. The Balaban J connectivity index is 1.53. The van der Waals surface area contributed by atoms with Gasteiger partial charge in [0, 0.05) is 19.4 Å². The molecule has 2 aromatic rings. The first-order chi connectivity index (χ1) is 19.3. The highest BCUT2D eigenvalue weighted by Crippen LogP contribution is 2.49. The fraction of sp³-hybridized carbons (Fsp3) is 0.516. The number of ether oxygens (including phenoxy) is 2. The lowest BCUT2D eigenvalue weighted by Crippen LogP contribution is -2.58. The first-order valence-electron chi connectivity index (χ1n) is 14.0. The second-order valence-electron chi connectivity index (χ2n) is 12.4. The molecule has 2 aliphatic rings. The van der Waals surface area contributed by atoms with Crippen LogP contribution in [-0.4, -0.2) is 65.0 Å². The summed E-state index contributed by atoms with van der Waals surface area (Å²) in [7, 11) is 1.23. The van der Waals surface area contributed by atoms with Crippen LogP contribution in [0.1, 0.15) is 63.8 Å². The molecule has 0 saturated carbocycles. The van der Waals surface area contributed by atoms with Crippen LogP contribution in [0.4, 0.5) is 4.79 Å². The molecule has 0 aromatic heterocycles. The van der Waals surface area contributed by atoms with Crippen molar-refractivity contribution in [2.45, 2.75) is 83.4 Å². The highest BCUT2D eigenvalue weighted by molar-refractivity contribution is 5.87.